The molecule has 46 heavy (non-hydrogen) atoms. The molecule has 230 valence electrons. The SMILES string of the molecule is C=CCc1cc(C=Nn2c(-c3cc4ccccc4o3)nc3ccccc3c2=O)cc(OCC)c1OCC(=O)Nc1ccc(Cl)cc1. The molecule has 6 aromatic rings. The zero-order chi connectivity index (χ0) is 32.0. The van der Waals surface area contributed by atoms with Crippen molar-refractivity contribution in [1.82, 2.24) is 9.66 Å². The predicted octanol–water partition coefficient (Wildman–Crippen LogP) is 7.49. The first-order valence-corrected chi connectivity index (χ1v) is 14.9. The molecule has 0 fully saturated rings. The van der Waals surface area contributed by atoms with Crippen molar-refractivity contribution in [3.05, 3.63) is 130 Å². The van der Waals surface area contributed by atoms with Crippen LogP contribution in [0.1, 0.15) is 18.1 Å². The van der Waals surface area contributed by atoms with Crippen LogP contribution in [-0.2, 0) is 11.2 Å². The molecule has 0 radical (unpaired) electrons. The molecule has 6 rings (SSSR count). The molecule has 0 unspecified atom stereocenters. The molecule has 0 aliphatic rings. The summed E-state index contributed by atoms with van der Waals surface area (Å²) in [5.41, 5.74) is 2.81. The lowest BCUT2D eigenvalue weighted by Gasteiger charge is -2.16. The van der Waals surface area contributed by atoms with Gasteiger partial charge in [0.15, 0.2) is 23.9 Å². The number of benzene rings is 4. The van der Waals surface area contributed by atoms with Gasteiger partial charge in [-0.1, -0.05) is 48.0 Å². The highest BCUT2D eigenvalue weighted by Crippen LogP contribution is 2.34. The van der Waals surface area contributed by atoms with Crippen molar-refractivity contribution in [2.75, 3.05) is 18.5 Å². The summed E-state index contributed by atoms with van der Waals surface area (Å²) < 4.78 is 19.2. The van der Waals surface area contributed by atoms with E-state index in [-0.39, 0.29) is 23.9 Å². The number of hydrogen-bond donors (Lipinski definition) is 1. The van der Waals surface area contributed by atoms with E-state index in [1.54, 1.807) is 60.8 Å². The lowest BCUT2D eigenvalue weighted by molar-refractivity contribution is -0.118. The summed E-state index contributed by atoms with van der Waals surface area (Å²) in [6.07, 6.45) is 3.71. The summed E-state index contributed by atoms with van der Waals surface area (Å²) >= 11 is 5.94. The van der Waals surface area contributed by atoms with Crippen LogP contribution in [0, 0.1) is 0 Å². The highest BCUT2D eigenvalue weighted by atomic mass is 35.5. The fraction of sp³-hybridized carbons (Fsp3) is 0.111. The number of ether oxygens (including phenoxy) is 2. The summed E-state index contributed by atoms with van der Waals surface area (Å²) in [7, 11) is 0. The van der Waals surface area contributed by atoms with Gasteiger partial charge in [-0.2, -0.15) is 9.78 Å². The Labute approximate surface area is 269 Å². The van der Waals surface area contributed by atoms with E-state index < -0.39 is 0 Å². The molecule has 4 aromatic carbocycles. The van der Waals surface area contributed by atoms with E-state index >= 15 is 0 Å². The van der Waals surface area contributed by atoms with E-state index in [2.05, 4.69) is 17.0 Å². The molecule has 0 atom stereocenters. The molecular weight excluding hydrogens is 604 g/mol. The van der Waals surface area contributed by atoms with Crippen LogP contribution in [0.15, 0.2) is 118 Å². The van der Waals surface area contributed by atoms with Gasteiger partial charge >= 0.3 is 0 Å². The van der Waals surface area contributed by atoms with E-state index in [9.17, 15) is 9.59 Å². The summed E-state index contributed by atoms with van der Waals surface area (Å²) in [5, 5.41) is 9.25. The van der Waals surface area contributed by atoms with E-state index in [4.69, 9.17) is 30.5 Å². The van der Waals surface area contributed by atoms with E-state index in [1.165, 1.54) is 4.68 Å². The van der Waals surface area contributed by atoms with E-state index in [0.717, 1.165) is 10.9 Å². The lowest BCUT2D eigenvalue weighted by Crippen LogP contribution is -2.21. The van der Waals surface area contributed by atoms with Crippen molar-refractivity contribution < 1.29 is 18.7 Å². The second-order valence-corrected chi connectivity index (χ2v) is 10.7. The topological polar surface area (TPSA) is 108 Å². The number of amides is 1. The average molecular weight is 633 g/mol. The Bertz CT molecular complexity index is 2120. The Kier molecular flexibility index (Phi) is 8.94. The van der Waals surface area contributed by atoms with Crippen molar-refractivity contribution in [3.8, 4) is 23.1 Å². The van der Waals surface area contributed by atoms with Crippen LogP contribution in [-0.4, -0.2) is 35.0 Å². The van der Waals surface area contributed by atoms with Crippen molar-refractivity contribution in [2.45, 2.75) is 13.3 Å². The number of fused-ring (bicyclic) bond motifs is 2. The lowest BCUT2D eigenvalue weighted by atomic mass is 10.1. The van der Waals surface area contributed by atoms with Crippen LogP contribution in [0.2, 0.25) is 5.02 Å². The molecule has 0 bridgehead atoms. The molecule has 2 aromatic heterocycles. The largest absolute Gasteiger partial charge is 0.490 e. The van der Waals surface area contributed by atoms with Crippen LogP contribution < -0.4 is 20.3 Å². The molecule has 0 saturated heterocycles. The first-order valence-electron chi connectivity index (χ1n) is 14.6. The monoisotopic (exact) mass is 632 g/mol. The number of anilines is 1. The number of nitrogens with one attached hydrogen (secondary N) is 1. The molecular formula is C36H29ClN4O5. The Morgan fingerprint density at radius 3 is 2.61 bits per heavy atom. The molecule has 1 amide bonds. The van der Waals surface area contributed by atoms with Gasteiger partial charge in [0.25, 0.3) is 11.5 Å². The Balaban J connectivity index is 1.36. The standard InChI is InChI=1S/C36H29ClN4O5/c1-3-9-25-18-23(19-31(44-4-2)34(25)45-22-33(42)39-27-16-14-26(37)15-17-27)21-38-41-35(32-20-24-10-5-8-13-30(24)46-32)40-29-12-7-6-11-28(29)36(41)43/h3,5-8,10-21H,1,4,9,22H2,2H3,(H,39,42). The molecule has 1 N–H and O–H groups in total. The number of hydrogen-bond acceptors (Lipinski definition) is 7. The zero-order valence-electron chi connectivity index (χ0n) is 24.9. The van der Waals surface area contributed by atoms with Gasteiger partial charge in [-0.25, -0.2) is 4.98 Å². The first kappa shape index (κ1) is 30.4. The second-order valence-electron chi connectivity index (χ2n) is 10.2. The minimum Gasteiger partial charge on any atom is -0.490 e. The van der Waals surface area contributed by atoms with Crippen LogP contribution in [0.25, 0.3) is 33.5 Å². The number of nitrogens with zero attached hydrogens (tertiary/aromatic N) is 3. The maximum absolute atomic E-state index is 13.7. The summed E-state index contributed by atoms with van der Waals surface area (Å²) in [4.78, 5) is 31.1. The summed E-state index contributed by atoms with van der Waals surface area (Å²) in [5.74, 6) is 1.16. The quantitative estimate of drug-likeness (QED) is 0.117. The van der Waals surface area contributed by atoms with Gasteiger partial charge in [0, 0.05) is 21.7 Å². The summed E-state index contributed by atoms with van der Waals surface area (Å²) in [6, 6.07) is 26.9. The Hall–Kier alpha value is -5.67. The van der Waals surface area contributed by atoms with Crippen LogP contribution in [0.4, 0.5) is 5.69 Å². The van der Waals surface area contributed by atoms with Gasteiger partial charge in [-0.3, -0.25) is 9.59 Å². The number of aromatic nitrogens is 2. The molecule has 9 nitrogen and oxygen atoms in total. The third-order valence-corrected chi connectivity index (χ3v) is 7.27. The number of furan rings is 1. The molecule has 0 aliphatic heterocycles. The third-order valence-electron chi connectivity index (χ3n) is 7.02. The van der Waals surface area contributed by atoms with Crippen molar-refractivity contribution in [3.63, 3.8) is 0 Å². The van der Waals surface area contributed by atoms with Crippen LogP contribution in [0.3, 0.4) is 0 Å². The van der Waals surface area contributed by atoms with Gasteiger partial charge in [-0.05, 0) is 79.6 Å². The maximum Gasteiger partial charge on any atom is 0.282 e. The summed E-state index contributed by atoms with van der Waals surface area (Å²) in [6.45, 7) is 5.83. The van der Waals surface area contributed by atoms with Gasteiger partial charge in [0.1, 0.15) is 5.58 Å². The van der Waals surface area contributed by atoms with Gasteiger partial charge in [-0.15, -0.1) is 6.58 Å². The third kappa shape index (κ3) is 6.55. The highest BCUT2D eigenvalue weighted by molar-refractivity contribution is 6.30. The molecule has 0 aliphatic carbocycles. The van der Waals surface area contributed by atoms with E-state index in [1.807, 2.05) is 49.4 Å². The molecule has 2 heterocycles. The van der Waals surface area contributed by atoms with Gasteiger partial charge < -0.3 is 19.2 Å². The van der Waals surface area contributed by atoms with Crippen LogP contribution in [0.5, 0.6) is 11.5 Å². The number of rotatable bonds is 11. The van der Waals surface area contributed by atoms with Gasteiger partial charge in [0.05, 0.1) is 23.7 Å². The van der Waals surface area contributed by atoms with Crippen molar-refractivity contribution in [1.29, 1.82) is 0 Å². The number of carbonyl (C=O) groups is 1. The molecule has 10 heteroatoms. The highest BCUT2D eigenvalue weighted by Gasteiger charge is 2.18. The number of para-hydroxylation sites is 2. The van der Waals surface area contributed by atoms with Crippen molar-refractivity contribution in [2.24, 2.45) is 5.10 Å². The molecule has 0 saturated carbocycles. The average Bonchev–Trinajstić information content (AvgIpc) is 3.50. The van der Waals surface area contributed by atoms with E-state index in [0.29, 0.717) is 63.0 Å². The maximum atomic E-state index is 13.7. The van der Waals surface area contributed by atoms with Crippen LogP contribution >= 0.6 is 11.6 Å². The zero-order valence-corrected chi connectivity index (χ0v) is 25.7. The predicted molar refractivity (Wildman–Crippen MR) is 181 cm³/mol. The second kappa shape index (κ2) is 13.5. The normalized spacial score (nSPS) is 11.3. The number of allylic oxidation sites excluding steroid dienone is 1. The Morgan fingerprint density at radius 1 is 1.04 bits per heavy atom. The smallest absolute Gasteiger partial charge is 0.282 e. The Morgan fingerprint density at radius 2 is 1.83 bits per heavy atom. The fourth-order valence-electron chi connectivity index (χ4n) is 4.97. The molecule has 0 spiro atoms. The minimum absolute atomic E-state index is 0.251. The van der Waals surface area contributed by atoms with Crippen molar-refractivity contribution >= 4 is 51.3 Å². The number of carbonyl (C=O) groups excluding carboxylic acids is 1. The first-order chi connectivity index (χ1) is 22.4. The van der Waals surface area contributed by atoms with Gasteiger partial charge in [0.2, 0.25) is 5.82 Å². The number of halogens is 1. The minimum atomic E-state index is -0.347. The fourth-order valence-corrected chi connectivity index (χ4v) is 5.09.